The average Bonchev–Trinajstić information content (AvgIpc) is 3.22. The Kier molecular flexibility index (Phi) is 4.24. The Morgan fingerprint density at radius 2 is 2.00 bits per heavy atom. The van der Waals surface area contributed by atoms with Crippen LogP contribution < -0.4 is 4.90 Å². The summed E-state index contributed by atoms with van der Waals surface area (Å²) in [6, 6.07) is 13.6. The molecular weight excluding hydrogens is 350 g/mol. The summed E-state index contributed by atoms with van der Waals surface area (Å²) in [5.74, 6) is 0.918. The van der Waals surface area contributed by atoms with Crippen molar-refractivity contribution in [3.8, 4) is 11.4 Å². The van der Waals surface area contributed by atoms with Crippen molar-refractivity contribution in [3.63, 3.8) is 0 Å². The minimum Gasteiger partial charge on any atom is -0.339 e. The summed E-state index contributed by atoms with van der Waals surface area (Å²) in [4.78, 5) is 18.7. The van der Waals surface area contributed by atoms with Crippen LogP contribution in [0.25, 0.3) is 11.4 Å². The van der Waals surface area contributed by atoms with Gasteiger partial charge in [0.05, 0.1) is 16.6 Å². The molecule has 1 aliphatic heterocycles. The van der Waals surface area contributed by atoms with Gasteiger partial charge in [-0.05, 0) is 37.1 Å². The van der Waals surface area contributed by atoms with Crippen LogP contribution in [-0.4, -0.2) is 22.6 Å². The molecule has 0 bridgehead atoms. The third-order valence-electron chi connectivity index (χ3n) is 4.70. The second-order valence-electron chi connectivity index (χ2n) is 6.63. The first-order valence-corrected chi connectivity index (χ1v) is 8.87. The Bertz CT molecular complexity index is 983. The van der Waals surface area contributed by atoms with Gasteiger partial charge in [0.25, 0.3) is 0 Å². The third-order valence-corrected chi connectivity index (χ3v) is 5.00. The Labute approximate surface area is 156 Å². The van der Waals surface area contributed by atoms with Crippen molar-refractivity contribution in [2.24, 2.45) is 0 Å². The summed E-state index contributed by atoms with van der Waals surface area (Å²) in [5, 5.41) is 4.68. The fourth-order valence-corrected chi connectivity index (χ4v) is 3.61. The molecule has 0 saturated carbocycles. The zero-order chi connectivity index (χ0) is 18.3. The number of hydrogen-bond acceptors (Lipinski definition) is 4. The minimum atomic E-state index is -0.134. The summed E-state index contributed by atoms with van der Waals surface area (Å²) in [5.41, 5.74) is 3.80. The van der Waals surface area contributed by atoms with E-state index in [1.54, 1.807) is 4.90 Å². The quantitative estimate of drug-likeness (QED) is 0.682. The zero-order valence-corrected chi connectivity index (χ0v) is 15.3. The van der Waals surface area contributed by atoms with Crippen LogP contribution in [0.1, 0.15) is 29.4 Å². The maximum absolute atomic E-state index is 12.5. The molecule has 1 amide bonds. The van der Waals surface area contributed by atoms with E-state index < -0.39 is 0 Å². The second-order valence-corrected chi connectivity index (χ2v) is 7.04. The number of rotatable bonds is 3. The van der Waals surface area contributed by atoms with E-state index >= 15 is 0 Å². The average molecular weight is 368 g/mol. The van der Waals surface area contributed by atoms with Crippen LogP contribution in [0.4, 0.5) is 5.69 Å². The number of carbonyl (C=O) groups excluding carboxylic acids is 1. The van der Waals surface area contributed by atoms with Crippen molar-refractivity contribution < 1.29 is 9.32 Å². The Morgan fingerprint density at radius 1 is 1.19 bits per heavy atom. The number of hydrogen-bond donors (Lipinski definition) is 0. The van der Waals surface area contributed by atoms with Gasteiger partial charge in [-0.3, -0.25) is 4.79 Å². The van der Waals surface area contributed by atoms with Gasteiger partial charge in [-0.15, -0.1) is 0 Å². The summed E-state index contributed by atoms with van der Waals surface area (Å²) in [7, 11) is 0. The summed E-state index contributed by atoms with van der Waals surface area (Å²) >= 11 is 6.32. The summed E-state index contributed by atoms with van der Waals surface area (Å²) < 4.78 is 5.47. The fourth-order valence-electron chi connectivity index (χ4n) is 3.27. The minimum absolute atomic E-state index is 0.0106. The molecule has 5 nitrogen and oxygen atoms in total. The molecule has 0 spiro atoms. The molecule has 3 aromatic rings. The molecule has 1 saturated heterocycles. The van der Waals surface area contributed by atoms with Gasteiger partial charge in [-0.2, -0.15) is 4.98 Å². The first-order valence-electron chi connectivity index (χ1n) is 8.49. The van der Waals surface area contributed by atoms with E-state index in [-0.39, 0.29) is 11.8 Å². The number of aryl methyl sites for hydroxylation is 2. The number of anilines is 1. The first-order chi connectivity index (χ1) is 12.5. The highest BCUT2D eigenvalue weighted by Crippen LogP contribution is 2.35. The number of nitrogens with zero attached hydrogens (tertiary/aromatic N) is 3. The van der Waals surface area contributed by atoms with Crippen molar-refractivity contribution in [3.05, 3.63) is 64.5 Å². The standard InChI is InChI=1S/C20H18ClN3O2/c1-12-7-8-17(16(21)9-12)24-11-14(10-18(24)25)20-22-19(23-26-20)15-6-4-3-5-13(15)2/h3-9,14H,10-11H2,1-2H3. The van der Waals surface area contributed by atoms with Gasteiger partial charge in [-0.1, -0.05) is 47.1 Å². The van der Waals surface area contributed by atoms with E-state index in [2.05, 4.69) is 10.1 Å². The predicted molar refractivity (Wildman–Crippen MR) is 100 cm³/mol. The van der Waals surface area contributed by atoms with Crippen LogP contribution >= 0.6 is 11.6 Å². The summed E-state index contributed by atoms with van der Waals surface area (Å²) in [6.07, 6.45) is 0.333. The lowest BCUT2D eigenvalue weighted by molar-refractivity contribution is -0.117. The molecule has 0 N–H and O–H groups in total. The Morgan fingerprint density at radius 3 is 2.77 bits per heavy atom. The van der Waals surface area contributed by atoms with Gasteiger partial charge in [0.2, 0.25) is 17.6 Å². The van der Waals surface area contributed by atoms with Crippen LogP contribution in [0.2, 0.25) is 5.02 Å². The monoisotopic (exact) mass is 367 g/mol. The zero-order valence-electron chi connectivity index (χ0n) is 14.6. The number of halogens is 1. The Hall–Kier alpha value is -2.66. The molecule has 0 aliphatic carbocycles. The van der Waals surface area contributed by atoms with Crippen molar-refractivity contribution >= 4 is 23.2 Å². The van der Waals surface area contributed by atoms with Crippen LogP contribution in [0.5, 0.6) is 0 Å². The van der Waals surface area contributed by atoms with E-state index in [1.807, 2.05) is 56.3 Å². The van der Waals surface area contributed by atoms with Gasteiger partial charge in [-0.25, -0.2) is 0 Å². The van der Waals surface area contributed by atoms with Crippen LogP contribution in [0.3, 0.4) is 0 Å². The maximum Gasteiger partial charge on any atom is 0.232 e. The topological polar surface area (TPSA) is 59.2 Å². The van der Waals surface area contributed by atoms with Gasteiger partial charge in [0.1, 0.15) is 0 Å². The molecule has 0 radical (unpaired) electrons. The molecule has 2 heterocycles. The molecule has 2 aromatic carbocycles. The molecule has 1 aromatic heterocycles. The van der Waals surface area contributed by atoms with Crippen LogP contribution in [0.15, 0.2) is 47.0 Å². The second kappa shape index (κ2) is 6.57. The van der Waals surface area contributed by atoms with Crippen molar-refractivity contribution in [1.29, 1.82) is 0 Å². The Balaban J connectivity index is 1.59. The lowest BCUT2D eigenvalue weighted by Gasteiger charge is -2.18. The normalized spacial score (nSPS) is 17.1. The molecule has 1 unspecified atom stereocenters. The lowest BCUT2D eigenvalue weighted by Crippen LogP contribution is -2.24. The van der Waals surface area contributed by atoms with E-state index in [4.69, 9.17) is 16.1 Å². The fraction of sp³-hybridized carbons (Fsp3) is 0.250. The molecule has 132 valence electrons. The van der Waals surface area contributed by atoms with Crippen molar-refractivity contribution in [2.45, 2.75) is 26.2 Å². The highest BCUT2D eigenvalue weighted by molar-refractivity contribution is 6.34. The van der Waals surface area contributed by atoms with E-state index in [0.717, 1.165) is 22.4 Å². The van der Waals surface area contributed by atoms with E-state index in [0.29, 0.717) is 29.7 Å². The largest absolute Gasteiger partial charge is 0.339 e. The maximum atomic E-state index is 12.5. The lowest BCUT2D eigenvalue weighted by atomic mass is 10.1. The van der Waals surface area contributed by atoms with Crippen LogP contribution in [-0.2, 0) is 4.79 Å². The van der Waals surface area contributed by atoms with Crippen molar-refractivity contribution in [2.75, 3.05) is 11.4 Å². The molecular formula is C20H18ClN3O2. The van der Waals surface area contributed by atoms with E-state index in [1.165, 1.54) is 0 Å². The highest BCUT2D eigenvalue weighted by Gasteiger charge is 2.36. The van der Waals surface area contributed by atoms with Crippen molar-refractivity contribution in [1.82, 2.24) is 10.1 Å². The van der Waals surface area contributed by atoms with Gasteiger partial charge in [0, 0.05) is 18.5 Å². The predicted octanol–water partition coefficient (Wildman–Crippen LogP) is 4.53. The molecule has 1 fully saturated rings. The number of amides is 1. The highest BCUT2D eigenvalue weighted by atomic mass is 35.5. The van der Waals surface area contributed by atoms with Gasteiger partial charge >= 0.3 is 0 Å². The molecule has 1 aliphatic rings. The van der Waals surface area contributed by atoms with Crippen LogP contribution in [0, 0.1) is 13.8 Å². The van der Waals surface area contributed by atoms with Gasteiger partial charge in [0.15, 0.2) is 0 Å². The number of benzene rings is 2. The smallest absolute Gasteiger partial charge is 0.232 e. The van der Waals surface area contributed by atoms with E-state index in [9.17, 15) is 4.79 Å². The third kappa shape index (κ3) is 2.99. The molecule has 6 heteroatoms. The first kappa shape index (κ1) is 16.8. The number of aromatic nitrogens is 2. The number of carbonyl (C=O) groups is 1. The summed E-state index contributed by atoms with van der Waals surface area (Å²) in [6.45, 7) is 4.46. The molecule has 1 atom stereocenters. The molecule has 26 heavy (non-hydrogen) atoms. The SMILES string of the molecule is Cc1ccc(N2CC(c3nc(-c4ccccc4C)no3)CC2=O)c(Cl)c1. The van der Waals surface area contributed by atoms with Gasteiger partial charge < -0.3 is 9.42 Å². The molecule has 4 rings (SSSR count).